The van der Waals surface area contributed by atoms with Gasteiger partial charge in [-0.05, 0) is 27.7 Å². The Morgan fingerprint density at radius 2 is 1.44 bits per heavy atom. The first-order chi connectivity index (χ1) is 7.04. The summed E-state index contributed by atoms with van der Waals surface area (Å²) < 4.78 is 46.4. The highest BCUT2D eigenvalue weighted by Gasteiger charge is 2.43. The van der Waals surface area contributed by atoms with E-state index in [9.17, 15) is 18.0 Å². The molecule has 3 nitrogen and oxygen atoms in total. The maximum absolute atomic E-state index is 12.1. The highest BCUT2D eigenvalue weighted by molar-refractivity contribution is 6.59. The van der Waals surface area contributed by atoms with Crippen molar-refractivity contribution in [1.29, 1.82) is 0 Å². The highest BCUT2D eigenvalue weighted by atomic mass is 28.4. The molecule has 0 saturated heterocycles. The lowest BCUT2D eigenvalue weighted by Gasteiger charge is -2.28. The molecule has 0 aromatic heterocycles. The monoisotopic (exact) mass is 260 g/mol. The summed E-state index contributed by atoms with van der Waals surface area (Å²) in [5.74, 6) is 0. The van der Waals surface area contributed by atoms with Crippen molar-refractivity contribution >= 4 is 8.80 Å². The fraction of sp³-hybridized carbons (Fsp3) is 1.00. The lowest BCUT2D eigenvalue weighted by molar-refractivity contribution is -0.133. The summed E-state index contributed by atoms with van der Waals surface area (Å²) in [6.07, 6.45) is -6.11. The summed E-state index contributed by atoms with van der Waals surface area (Å²) in [7, 11) is -3.71. The number of halogens is 3. The zero-order valence-corrected chi connectivity index (χ0v) is 11.0. The smallest absolute Gasteiger partial charge is 0.390 e. The molecule has 0 aliphatic rings. The van der Waals surface area contributed by atoms with E-state index in [0.717, 1.165) is 0 Å². The molecule has 0 aliphatic heterocycles. The van der Waals surface area contributed by atoms with Crippen molar-refractivity contribution in [3.8, 4) is 0 Å². The van der Waals surface area contributed by atoms with Crippen molar-refractivity contribution in [2.75, 3.05) is 0 Å². The van der Waals surface area contributed by atoms with Gasteiger partial charge in [0.05, 0.1) is 0 Å². The molecule has 98 valence electrons. The van der Waals surface area contributed by atoms with E-state index in [4.69, 9.17) is 8.85 Å². The average molecular weight is 260 g/mol. The summed E-state index contributed by atoms with van der Waals surface area (Å²) in [4.78, 5) is 9.91. The standard InChI is InChI=1S/C9H19F3O3Si/c1-7(2)14-16(13,15-8(3)4)6-5-9(10,11)12/h7-8,13H,5-6H2,1-4H3. The van der Waals surface area contributed by atoms with E-state index in [0.29, 0.717) is 0 Å². The van der Waals surface area contributed by atoms with Crippen molar-refractivity contribution in [3.05, 3.63) is 0 Å². The second-order valence-corrected chi connectivity index (χ2v) is 6.56. The number of hydrogen-bond acceptors (Lipinski definition) is 3. The second-order valence-electron chi connectivity index (χ2n) is 4.16. The Bertz CT molecular complexity index is 197. The Balaban J connectivity index is 4.41. The van der Waals surface area contributed by atoms with Crippen LogP contribution in [0.3, 0.4) is 0 Å². The van der Waals surface area contributed by atoms with E-state index in [1.54, 1.807) is 27.7 Å². The van der Waals surface area contributed by atoms with Crippen molar-refractivity contribution in [1.82, 2.24) is 0 Å². The lowest BCUT2D eigenvalue weighted by Crippen LogP contribution is -2.47. The molecule has 0 spiro atoms. The average Bonchev–Trinajstić information content (AvgIpc) is 1.96. The van der Waals surface area contributed by atoms with Gasteiger partial charge in [0.15, 0.2) is 0 Å². The third kappa shape index (κ3) is 8.09. The quantitative estimate of drug-likeness (QED) is 0.746. The Labute approximate surface area is 94.9 Å². The summed E-state index contributed by atoms with van der Waals surface area (Å²) in [6.45, 7) is 6.59. The number of alkyl halides is 3. The first-order valence-corrected chi connectivity index (χ1v) is 7.16. The van der Waals surface area contributed by atoms with Gasteiger partial charge in [-0.2, -0.15) is 13.2 Å². The zero-order chi connectivity index (χ0) is 13.0. The summed E-state index contributed by atoms with van der Waals surface area (Å²) in [6, 6.07) is -0.493. The minimum atomic E-state index is -4.30. The zero-order valence-electron chi connectivity index (χ0n) is 9.97. The van der Waals surface area contributed by atoms with Gasteiger partial charge in [0, 0.05) is 24.7 Å². The van der Waals surface area contributed by atoms with Gasteiger partial charge in [-0.1, -0.05) is 0 Å². The van der Waals surface area contributed by atoms with Crippen molar-refractivity contribution in [2.24, 2.45) is 0 Å². The van der Waals surface area contributed by atoms with Gasteiger partial charge in [-0.15, -0.1) is 0 Å². The van der Waals surface area contributed by atoms with Gasteiger partial charge >= 0.3 is 15.0 Å². The van der Waals surface area contributed by atoms with E-state index < -0.39 is 27.4 Å². The van der Waals surface area contributed by atoms with E-state index in [-0.39, 0.29) is 12.2 Å². The minimum absolute atomic E-state index is 0.358. The van der Waals surface area contributed by atoms with Crippen LogP contribution in [0.1, 0.15) is 34.1 Å². The van der Waals surface area contributed by atoms with Crippen LogP contribution in [0.2, 0.25) is 6.04 Å². The largest absolute Gasteiger partial charge is 0.498 e. The molecule has 0 heterocycles. The molecule has 0 radical (unpaired) electrons. The maximum Gasteiger partial charge on any atom is 0.498 e. The predicted octanol–water partition coefficient (Wildman–Crippen LogP) is 2.72. The van der Waals surface area contributed by atoms with E-state index in [2.05, 4.69) is 0 Å². The molecule has 0 fully saturated rings. The molecule has 7 heteroatoms. The molecule has 0 amide bonds. The Kier molecular flexibility index (Phi) is 5.95. The lowest BCUT2D eigenvalue weighted by atomic mass is 10.5. The molecule has 0 aromatic carbocycles. The van der Waals surface area contributed by atoms with Crippen LogP contribution in [0.15, 0.2) is 0 Å². The van der Waals surface area contributed by atoms with Crippen LogP contribution in [-0.2, 0) is 8.85 Å². The van der Waals surface area contributed by atoms with E-state index >= 15 is 0 Å². The van der Waals surface area contributed by atoms with Crippen LogP contribution in [0.25, 0.3) is 0 Å². The first kappa shape index (κ1) is 15.9. The van der Waals surface area contributed by atoms with Gasteiger partial charge in [0.1, 0.15) is 0 Å². The third-order valence-corrected chi connectivity index (χ3v) is 4.13. The molecular weight excluding hydrogens is 241 g/mol. The molecule has 0 aromatic rings. The predicted molar refractivity (Wildman–Crippen MR) is 55.9 cm³/mol. The molecule has 0 bridgehead atoms. The highest BCUT2D eigenvalue weighted by Crippen LogP contribution is 2.27. The molecule has 0 aliphatic carbocycles. The topological polar surface area (TPSA) is 38.7 Å². The molecule has 0 saturated carbocycles. The van der Waals surface area contributed by atoms with Crippen molar-refractivity contribution in [3.63, 3.8) is 0 Å². The SMILES string of the molecule is CC(C)O[Si](O)(CCC(F)(F)F)OC(C)C. The normalized spacial score (nSPS) is 13.9. The summed E-state index contributed by atoms with van der Waals surface area (Å²) >= 11 is 0. The fourth-order valence-electron chi connectivity index (χ4n) is 1.18. The van der Waals surface area contributed by atoms with E-state index in [1.807, 2.05) is 0 Å². The van der Waals surface area contributed by atoms with Gasteiger partial charge < -0.3 is 13.6 Å². The van der Waals surface area contributed by atoms with Gasteiger partial charge in [0.25, 0.3) is 0 Å². The van der Waals surface area contributed by atoms with Crippen LogP contribution in [0.4, 0.5) is 13.2 Å². The van der Waals surface area contributed by atoms with Crippen LogP contribution in [0, 0.1) is 0 Å². The van der Waals surface area contributed by atoms with Crippen molar-refractivity contribution < 1.29 is 26.8 Å². The van der Waals surface area contributed by atoms with Gasteiger partial charge in [0.2, 0.25) is 0 Å². The molecule has 0 unspecified atom stereocenters. The Morgan fingerprint density at radius 3 is 1.69 bits per heavy atom. The summed E-state index contributed by atoms with van der Waals surface area (Å²) in [5.41, 5.74) is 0. The molecule has 16 heavy (non-hydrogen) atoms. The van der Waals surface area contributed by atoms with Crippen LogP contribution in [-0.4, -0.2) is 32.0 Å². The maximum atomic E-state index is 12.1. The van der Waals surface area contributed by atoms with Gasteiger partial charge in [-0.3, -0.25) is 0 Å². The van der Waals surface area contributed by atoms with Crippen LogP contribution in [0.5, 0.6) is 0 Å². The Hall–Kier alpha value is -0.113. The second kappa shape index (κ2) is 5.99. The minimum Gasteiger partial charge on any atom is -0.390 e. The molecule has 1 N–H and O–H groups in total. The van der Waals surface area contributed by atoms with Crippen LogP contribution < -0.4 is 0 Å². The number of rotatable bonds is 6. The summed E-state index contributed by atoms with van der Waals surface area (Å²) in [5, 5.41) is 0. The number of hydrogen-bond donors (Lipinski definition) is 1. The molecule has 0 rings (SSSR count). The van der Waals surface area contributed by atoms with Crippen LogP contribution >= 0.6 is 0 Å². The fourth-order valence-corrected chi connectivity index (χ4v) is 3.55. The van der Waals surface area contributed by atoms with Gasteiger partial charge in [-0.25, -0.2) is 0 Å². The van der Waals surface area contributed by atoms with E-state index in [1.165, 1.54) is 0 Å². The molecular formula is C9H19F3O3Si. The third-order valence-electron chi connectivity index (χ3n) is 1.56. The Morgan fingerprint density at radius 1 is 1.06 bits per heavy atom. The molecule has 0 atom stereocenters. The van der Waals surface area contributed by atoms with Crippen molar-refractivity contribution in [2.45, 2.75) is 58.5 Å². The first-order valence-electron chi connectivity index (χ1n) is 5.19.